The Kier molecular flexibility index (Phi) is 3.19. The molecule has 84 valence electrons. The Morgan fingerprint density at radius 2 is 2.12 bits per heavy atom. The molecule has 1 aromatic heterocycles. The second-order valence-corrected chi connectivity index (χ2v) is 5.25. The summed E-state index contributed by atoms with van der Waals surface area (Å²) in [5, 5.41) is 9.29. The fourth-order valence-corrected chi connectivity index (χ4v) is 2.26. The second kappa shape index (κ2) is 4.61. The van der Waals surface area contributed by atoms with Crippen LogP contribution in [0.5, 0.6) is 0 Å². The van der Waals surface area contributed by atoms with E-state index in [0.29, 0.717) is 11.0 Å². The number of hydrogen-bond acceptors (Lipinski definition) is 4. The lowest BCUT2D eigenvalue weighted by atomic mass is 10.0. The van der Waals surface area contributed by atoms with E-state index in [-0.39, 0.29) is 0 Å². The molecule has 2 aromatic rings. The van der Waals surface area contributed by atoms with Gasteiger partial charge in [0.25, 0.3) is 0 Å². The van der Waals surface area contributed by atoms with Crippen molar-refractivity contribution in [3.8, 4) is 10.6 Å². The SMILES string of the molecule is CC(C)Cc1cccc(-c2nnc(N)s2)c1. The Morgan fingerprint density at radius 1 is 1.31 bits per heavy atom. The highest BCUT2D eigenvalue weighted by Gasteiger charge is 2.05. The molecule has 0 spiro atoms. The van der Waals surface area contributed by atoms with Crippen LogP contribution in [-0.2, 0) is 6.42 Å². The largest absolute Gasteiger partial charge is 0.374 e. The molecule has 2 rings (SSSR count). The number of aromatic nitrogens is 2. The van der Waals surface area contributed by atoms with E-state index in [2.05, 4.69) is 42.2 Å². The van der Waals surface area contributed by atoms with Crippen molar-refractivity contribution >= 4 is 16.5 Å². The van der Waals surface area contributed by atoms with Gasteiger partial charge in [-0.15, -0.1) is 10.2 Å². The summed E-state index contributed by atoms with van der Waals surface area (Å²) >= 11 is 1.42. The predicted molar refractivity (Wildman–Crippen MR) is 68.3 cm³/mol. The molecule has 0 radical (unpaired) electrons. The first-order valence-corrected chi connectivity index (χ1v) is 6.15. The number of anilines is 1. The predicted octanol–water partition coefficient (Wildman–Crippen LogP) is 2.99. The van der Waals surface area contributed by atoms with Gasteiger partial charge in [-0.2, -0.15) is 0 Å². The maximum Gasteiger partial charge on any atom is 0.203 e. The Balaban J connectivity index is 2.28. The van der Waals surface area contributed by atoms with Gasteiger partial charge in [-0.1, -0.05) is 43.4 Å². The highest BCUT2D eigenvalue weighted by atomic mass is 32.1. The maximum atomic E-state index is 5.58. The van der Waals surface area contributed by atoms with Gasteiger partial charge in [0.2, 0.25) is 5.13 Å². The van der Waals surface area contributed by atoms with Crippen LogP contribution in [0.3, 0.4) is 0 Å². The number of nitrogen functional groups attached to an aromatic ring is 1. The van der Waals surface area contributed by atoms with Crippen LogP contribution in [-0.4, -0.2) is 10.2 Å². The second-order valence-electron chi connectivity index (χ2n) is 4.24. The number of nitrogens with zero attached hydrogens (tertiary/aromatic N) is 2. The van der Waals surface area contributed by atoms with Gasteiger partial charge in [0.1, 0.15) is 5.01 Å². The van der Waals surface area contributed by atoms with Crippen molar-refractivity contribution in [1.29, 1.82) is 0 Å². The number of hydrogen-bond donors (Lipinski definition) is 1. The van der Waals surface area contributed by atoms with Crippen LogP contribution in [0.4, 0.5) is 5.13 Å². The monoisotopic (exact) mass is 233 g/mol. The molecule has 0 fully saturated rings. The molecule has 0 aliphatic heterocycles. The smallest absolute Gasteiger partial charge is 0.203 e. The summed E-state index contributed by atoms with van der Waals surface area (Å²) in [6, 6.07) is 8.42. The third-order valence-corrected chi connectivity index (χ3v) is 3.06. The summed E-state index contributed by atoms with van der Waals surface area (Å²) in [5.41, 5.74) is 8.02. The normalized spacial score (nSPS) is 10.9. The molecule has 0 atom stereocenters. The Bertz CT molecular complexity index is 477. The Labute approximate surface area is 99.3 Å². The highest BCUT2D eigenvalue weighted by molar-refractivity contribution is 7.18. The quantitative estimate of drug-likeness (QED) is 0.886. The molecule has 0 bridgehead atoms. The van der Waals surface area contributed by atoms with Crippen molar-refractivity contribution in [2.75, 3.05) is 5.73 Å². The van der Waals surface area contributed by atoms with E-state index in [9.17, 15) is 0 Å². The summed E-state index contributed by atoms with van der Waals surface area (Å²) in [4.78, 5) is 0. The van der Waals surface area contributed by atoms with E-state index >= 15 is 0 Å². The van der Waals surface area contributed by atoms with Crippen LogP contribution in [0.2, 0.25) is 0 Å². The molecule has 16 heavy (non-hydrogen) atoms. The molecule has 0 saturated heterocycles. The van der Waals surface area contributed by atoms with Gasteiger partial charge in [0.05, 0.1) is 0 Å². The van der Waals surface area contributed by atoms with Crippen LogP contribution in [0, 0.1) is 5.92 Å². The molecule has 0 amide bonds. The van der Waals surface area contributed by atoms with Crippen LogP contribution in [0.25, 0.3) is 10.6 Å². The summed E-state index contributed by atoms with van der Waals surface area (Å²) < 4.78 is 0. The lowest BCUT2D eigenvalue weighted by Gasteiger charge is -2.05. The molecule has 0 aliphatic rings. The van der Waals surface area contributed by atoms with Gasteiger partial charge in [0, 0.05) is 5.56 Å². The van der Waals surface area contributed by atoms with E-state index in [0.717, 1.165) is 17.0 Å². The molecule has 1 aromatic carbocycles. The van der Waals surface area contributed by atoms with Gasteiger partial charge in [0.15, 0.2) is 0 Å². The summed E-state index contributed by atoms with van der Waals surface area (Å²) in [6.07, 6.45) is 1.09. The van der Waals surface area contributed by atoms with Crippen molar-refractivity contribution < 1.29 is 0 Å². The lowest BCUT2D eigenvalue weighted by Crippen LogP contribution is -1.93. The third-order valence-electron chi connectivity index (χ3n) is 2.26. The molecule has 0 saturated carbocycles. The number of nitrogens with two attached hydrogens (primary N) is 1. The zero-order chi connectivity index (χ0) is 11.5. The molecule has 0 aliphatic carbocycles. The molecular weight excluding hydrogens is 218 g/mol. The third kappa shape index (κ3) is 2.58. The van der Waals surface area contributed by atoms with Gasteiger partial charge in [-0.3, -0.25) is 0 Å². The van der Waals surface area contributed by atoms with E-state index in [1.807, 2.05) is 6.07 Å². The zero-order valence-electron chi connectivity index (χ0n) is 9.47. The highest BCUT2D eigenvalue weighted by Crippen LogP contribution is 2.25. The fraction of sp³-hybridized carbons (Fsp3) is 0.333. The Hall–Kier alpha value is -1.42. The first-order valence-electron chi connectivity index (χ1n) is 5.33. The first-order chi connectivity index (χ1) is 7.65. The minimum Gasteiger partial charge on any atom is -0.374 e. The fourth-order valence-electron chi connectivity index (χ4n) is 1.65. The van der Waals surface area contributed by atoms with Crippen molar-refractivity contribution in [2.24, 2.45) is 5.92 Å². The van der Waals surface area contributed by atoms with Crippen molar-refractivity contribution in [3.63, 3.8) is 0 Å². The van der Waals surface area contributed by atoms with Gasteiger partial charge < -0.3 is 5.73 Å². The zero-order valence-corrected chi connectivity index (χ0v) is 10.3. The molecule has 0 unspecified atom stereocenters. The van der Waals surface area contributed by atoms with Gasteiger partial charge >= 0.3 is 0 Å². The molecule has 3 nitrogen and oxygen atoms in total. The minimum absolute atomic E-state index is 0.518. The summed E-state index contributed by atoms with van der Waals surface area (Å²) in [7, 11) is 0. The van der Waals surface area contributed by atoms with E-state index in [1.54, 1.807) is 0 Å². The molecule has 1 heterocycles. The average Bonchev–Trinajstić information content (AvgIpc) is 2.64. The van der Waals surface area contributed by atoms with Crippen LogP contribution in [0.15, 0.2) is 24.3 Å². The number of benzene rings is 1. The number of rotatable bonds is 3. The lowest BCUT2D eigenvalue weighted by molar-refractivity contribution is 0.647. The maximum absolute atomic E-state index is 5.58. The standard InChI is InChI=1S/C12H15N3S/c1-8(2)6-9-4-3-5-10(7-9)11-14-15-12(13)16-11/h3-5,7-8H,6H2,1-2H3,(H2,13,15). The van der Waals surface area contributed by atoms with Crippen molar-refractivity contribution in [3.05, 3.63) is 29.8 Å². The van der Waals surface area contributed by atoms with E-state index in [1.165, 1.54) is 16.9 Å². The van der Waals surface area contributed by atoms with Gasteiger partial charge in [-0.25, -0.2) is 0 Å². The summed E-state index contributed by atoms with van der Waals surface area (Å²) in [6.45, 7) is 4.44. The van der Waals surface area contributed by atoms with Crippen LogP contribution < -0.4 is 5.73 Å². The average molecular weight is 233 g/mol. The molecule has 4 heteroatoms. The summed E-state index contributed by atoms with van der Waals surface area (Å²) in [5.74, 6) is 0.662. The Morgan fingerprint density at radius 3 is 2.75 bits per heavy atom. The molecule has 2 N–H and O–H groups in total. The van der Waals surface area contributed by atoms with E-state index < -0.39 is 0 Å². The first kappa shape index (κ1) is 11.1. The molecular formula is C12H15N3S. The van der Waals surface area contributed by atoms with Crippen molar-refractivity contribution in [1.82, 2.24) is 10.2 Å². The minimum atomic E-state index is 0.518. The van der Waals surface area contributed by atoms with Crippen LogP contribution >= 0.6 is 11.3 Å². The van der Waals surface area contributed by atoms with Gasteiger partial charge in [-0.05, 0) is 24.0 Å². The topological polar surface area (TPSA) is 51.8 Å². The van der Waals surface area contributed by atoms with Crippen LogP contribution in [0.1, 0.15) is 19.4 Å². The van der Waals surface area contributed by atoms with E-state index in [4.69, 9.17) is 5.73 Å². The van der Waals surface area contributed by atoms with Crippen molar-refractivity contribution in [2.45, 2.75) is 20.3 Å².